The maximum absolute atomic E-state index is 11.9. The number of nitrogens with one attached hydrogen (secondary N) is 3. The first-order chi connectivity index (χ1) is 13.2. The number of fused-ring (bicyclic) bond motifs is 1. The number of H-pyrrole nitrogens is 1. The minimum Gasteiger partial charge on any atom is -0.347 e. The molecule has 1 aliphatic heterocycles. The molecular weight excluding hydrogens is 338 g/mol. The molecule has 3 aromatic rings. The lowest BCUT2D eigenvalue weighted by molar-refractivity contribution is -0.351. The van der Waals surface area contributed by atoms with Gasteiger partial charge in [0.05, 0.1) is 10.9 Å². The lowest BCUT2D eigenvalue weighted by Gasteiger charge is -2.16. The van der Waals surface area contributed by atoms with Crippen LogP contribution in [0.5, 0.6) is 0 Å². The molecule has 0 aliphatic carbocycles. The zero-order valence-electron chi connectivity index (χ0n) is 14.6. The van der Waals surface area contributed by atoms with Crippen LogP contribution in [0.15, 0.2) is 84.0 Å². The first kappa shape index (κ1) is 16.7. The molecule has 0 unspecified atom stereocenters. The summed E-state index contributed by atoms with van der Waals surface area (Å²) in [5, 5.41) is 6.61. The molecule has 0 fully saturated rings. The first-order valence-electron chi connectivity index (χ1n) is 8.58. The highest BCUT2D eigenvalue weighted by Crippen LogP contribution is 2.24. The third-order valence-electron chi connectivity index (χ3n) is 4.10. The number of amidine groups is 1. The Morgan fingerprint density at radius 3 is 2.70 bits per heavy atom. The predicted molar refractivity (Wildman–Crippen MR) is 105 cm³/mol. The third-order valence-corrected chi connectivity index (χ3v) is 4.10. The van der Waals surface area contributed by atoms with E-state index < -0.39 is 0 Å². The summed E-state index contributed by atoms with van der Waals surface area (Å²) in [6.45, 7) is 4.00. The number of hydrogen-bond donors (Lipinski definition) is 2. The second-order valence-corrected chi connectivity index (χ2v) is 6.00. The van der Waals surface area contributed by atoms with Gasteiger partial charge in [-0.3, -0.25) is 4.79 Å². The summed E-state index contributed by atoms with van der Waals surface area (Å²) in [7, 11) is 0. The molecule has 4 rings (SSSR count). The molecule has 2 aromatic carbocycles. The molecule has 0 saturated heterocycles. The van der Waals surface area contributed by atoms with Crippen molar-refractivity contribution >= 4 is 28.5 Å². The van der Waals surface area contributed by atoms with Crippen molar-refractivity contribution in [3.05, 3.63) is 79.0 Å². The summed E-state index contributed by atoms with van der Waals surface area (Å²) < 4.78 is 0. The molecule has 2 heterocycles. The van der Waals surface area contributed by atoms with E-state index in [1.165, 1.54) is 0 Å². The summed E-state index contributed by atoms with van der Waals surface area (Å²) in [5.41, 5.74) is 2.31. The maximum Gasteiger partial charge on any atom is 0.274 e. The number of amides is 1. The van der Waals surface area contributed by atoms with Gasteiger partial charge in [0.15, 0.2) is 5.52 Å². The van der Waals surface area contributed by atoms with Gasteiger partial charge in [0, 0.05) is 12.6 Å². The first-order valence-corrected chi connectivity index (χ1v) is 8.58. The molecule has 0 radical (unpaired) electrons. The van der Waals surface area contributed by atoms with E-state index in [0.717, 1.165) is 22.3 Å². The van der Waals surface area contributed by atoms with Gasteiger partial charge in [-0.15, -0.1) is 11.6 Å². The van der Waals surface area contributed by atoms with Crippen LogP contribution in [0.3, 0.4) is 0 Å². The average molecular weight is 356 g/mol. The van der Waals surface area contributed by atoms with Crippen LogP contribution in [0.2, 0.25) is 0 Å². The number of benzene rings is 2. The highest BCUT2D eigenvalue weighted by Gasteiger charge is 2.23. The van der Waals surface area contributed by atoms with Crippen LogP contribution < -0.4 is 15.6 Å². The Morgan fingerprint density at radius 2 is 1.93 bits per heavy atom. The summed E-state index contributed by atoms with van der Waals surface area (Å²) in [5.74, 6) is 1.86. The third kappa shape index (κ3) is 3.46. The van der Waals surface area contributed by atoms with Gasteiger partial charge in [0.25, 0.3) is 17.5 Å². The van der Waals surface area contributed by atoms with E-state index in [1.54, 1.807) is 12.2 Å². The Morgan fingerprint density at radius 1 is 1.19 bits per heavy atom. The fourth-order valence-electron chi connectivity index (χ4n) is 2.75. The van der Waals surface area contributed by atoms with E-state index in [-0.39, 0.29) is 5.91 Å². The molecule has 0 spiro atoms. The molecule has 0 atom stereocenters. The van der Waals surface area contributed by atoms with Crippen LogP contribution in [-0.4, -0.2) is 23.3 Å². The van der Waals surface area contributed by atoms with Crippen molar-refractivity contribution in [2.75, 3.05) is 6.54 Å². The summed E-state index contributed by atoms with van der Waals surface area (Å²) in [4.78, 5) is 24.5. The van der Waals surface area contributed by atoms with Crippen LogP contribution in [-0.2, 0) is 4.79 Å². The van der Waals surface area contributed by atoms with E-state index in [1.807, 2.05) is 54.6 Å². The van der Waals surface area contributed by atoms with Crippen LogP contribution >= 0.6 is 0 Å². The lowest BCUT2D eigenvalue weighted by atomic mass is 10.2. The van der Waals surface area contributed by atoms with E-state index >= 15 is 0 Å². The SMILES string of the molecule is C=CCNC(=O)C1=CC(=Nc2[nH+]c(-c3ccccc3)nc3ccccc23)N1. The monoisotopic (exact) mass is 356 g/mol. The Hall–Kier alpha value is -3.80. The zero-order valence-corrected chi connectivity index (χ0v) is 14.6. The molecule has 1 aromatic heterocycles. The maximum atomic E-state index is 11.9. The molecule has 0 bridgehead atoms. The average Bonchev–Trinajstić information content (AvgIpc) is 2.69. The van der Waals surface area contributed by atoms with Gasteiger partial charge in [-0.1, -0.05) is 41.4 Å². The Labute approximate surface area is 156 Å². The van der Waals surface area contributed by atoms with Crippen LogP contribution in [0.25, 0.3) is 22.3 Å². The Bertz CT molecular complexity index is 1090. The quantitative estimate of drug-likeness (QED) is 0.690. The number of aliphatic imine (C=N–C) groups is 1. The molecule has 3 N–H and O–H groups in total. The number of para-hydroxylation sites is 1. The molecule has 6 heteroatoms. The van der Waals surface area contributed by atoms with Crippen LogP contribution in [0.4, 0.5) is 5.82 Å². The topological polar surface area (TPSA) is 80.5 Å². The Kier molecular flexibility index (Phi) is 4.45. The van der Waals surface area contributed by atoms with Gasteiger partial charge in [0.1, 0.15) is 5.70 Å². The van der Waals surface area contributed by atoms with E-state index in [2.05, 4.69) is 27.2 Å². The van der Waals surface area contributed by atoms with Crippen molar-refractivity contribution in [1.82, 2.24) is 15.6 Å². The van der Waals surface area contributed by atoms with Crippen molar-refractivity contribution in [2.45, 2.75) is 0 Å². The predicted octanol–water partition coefficient (Wildman–Crippen LogP) is 2.54. The Balaban J connectivity index is 1.71. The highest BCUT2D eigenvalue weighted by molar-refractivity contribution is 6.14. The molecule has 132 valence electrons. The van der Waals surface area contributed by atoms with E-state index in [0.29, 0.717) is 23.9 Å². The number of aromatic nitrogens is 2. The fourth-order valence-corrected chi connectivity index (χ4v) is 2.75. The lowest BCUT2D eigenvalue weighted by Crippen LogP contribution is -2.41. The van der Waals surface area contributed by atoms with Gasteiger partial charge in [-0.25, -0.2) is 4.98 Å². The number of nitrogens with zero attached hydrogens (tertiary/aromatic N) is 2. The number of rotatable bonds is 5. The van der Waals surface area contributed by atoms with Gasteiger partial charge in [-0.05, 0) is 24.3 Å². The van der Waals surface area contributed by atoms with Crippen LogP contribution in [0, 0.1) is 0 Å². The van der Waals surface area contributed by atoms with Gasteiger partial charge in [-0.2, -0.15) is 0 Å². The molecule has 1 amide bonds. The summed E-state index contributed by atoms with van der Waals surface area (Å²) in [6, 6.07) is 17.7. The normalized spacial score (nSPS) is 14.2. The van der Waals surface area contributed by atoms with Gasteiger partial charge < -0.3 is 10.6 Å². The minimum absolute atomic E-state index is 0.178. The van der Waals surface area contributed by atoms with Crippen molar-refractivity contribution in [1.29, 1.82) is 0 Å². The smallest absolute Gasteiger partial charge is 0.274 e. The number of hydrogen-bond acceptors (Lipinski definition) is 3. The molecule has 1 aliphatic rings. The van der Waals surface area contributed by atoms with E-state index in [9.17, 15) is 4.79 Å². The zero-order chi connectivity index (χ0) is 18.6. The summed E-state index contributed by atoms with van der Waals surface area (Å²) >= 11 is 0. The summed E-state index contributed by atoms with van der Waals surface area (Å²) in [6.07, 6.45) is 3.35. The number of carbonyl (C=O) groups is 1. The molecule has 27 heavy (non-hydrogen) atoms. The van der Waals surface area contributed by atoms with Gasteiger partial charge in [0.2, 0.25) is 5.84 Å². The van der Waals surface area contributed by atoms with Crippen molar-refractivity contribution < 1.29 is 9.78 Å². The van der Waals surface area contributed by atoms with Crippen LogP contribution in [0.1, 0.15) is 0 Å². The standard InChI is InChI=1S/C21H17N5O/c1-2-12-22-21(27)17-13-18(23-17)25-20-15-10-6-7-11-16(15)24-19(26-20)14-8-4-3-5-9-14/h2-11,13H,1,12H2,(H,22,27)(H,23,24,25,26)/p+1. The minimum atomic E-state index is -0.178. The number of aromatic amines is 1. The fraction of sp³-hybridized carbons (Fsp3) is 0.0476. The van der Waals surface area contributed by atoms with Crippen molar-refractivity contribution in [3.63, 3.8) is 0 Å². The molecular formula is C21H18N5O+. The molecule has 6 nitrogen and oxygen atoms in total. The largest absolute Gasteiger partial charge is 0.347 e. The van der Waals surface area contributed by atoms with Gasteiger partial charge >= 0.3 is 0 Å². The molecule has 0 saturated carbocycles. The number of carbonyl (C=O) groups excluding carboxylic acids is 1. The van der Waals surface area contributed by atoms with Crippen molar-refractivity contribution in [3.8, 4) is 11.4 Å². The van der Waals surface area contributed by atoms with E-state index in [4.69, 9.17) is 4.98 Å². The second-order valence-electron chi connectivity index (χ2n) is 6.00. The highest BCUT2D eigenvalue weighted by atomic mass is 16.2. The van der Waals surface area contributed by atoms with Crippen molar-refractivity contribution in [2.24, 2.45) is 4.99 Å². The second kappa shape index (κ2) is 7.21.